The van der Waals surface area contributed by atoms with Crippen molar-refractivity contribution >= 4 is 45.9 Å². The number of aliphatic hydroxyl groups excluding tert-OH is 1. The molecule has 4 heterocycles. The van der Waals surface area contributed by atoms with E-state index in [0.717, 1.165) is 22.0 Å². The fourth-order valence-electron chi connectivity index (χ4n) is 7.44. The number of nitrogens with zero attached hydrogens (tertiary/aromatic N) is 3. The second kappa shape index (κ2) is 10.1. The van der Waals surface area contributed by atoms with Gasteiger partial charge in [0.05, 0.1) is 23.2 Å². The summed E-state index contributed by atoms with van der Waals surface area (Å²) in [5.41, 5.74) is 1.78. The zero-order valence-corrected chi connectivity index (χ0v) is 24.2. The third-order valence-electron chi connectivity index (χ3n) is 9.24. The summed E-state index contributed by atoms with van der Waals surface area (Å²) in [6, 6.07) is 23.0. The summed E-state index contributed by atoms with van der Waals surface area (Å²) in [5.74, 6) is -1.88. The molecule has 1 spiro atoms. The quantitative estimate of drug-likeness (QED) is 0.462. The number of thioether (sulfide) groups is 1. The lowest BCUT2D eigenvalue weighted by Gasteiger charge is -2.36. The Hall–Kier alpha value is -3.88. The number of amides is 3. The topological polar surface area (TPSA) is 81.2 Å². The molecule has 8 heteroatoms. The van der Waals surface area contributed by atoms with E-state index >= 15 is 0 Å². The van der Waals surface area contributed by atoms with Crippen molar-refractivity contribution in [3.63, 3.8) is 0 Å². The van der Waals surface area contributed by atoms with Gasteiger partial charge in [0.25, 0.3) is 5.91 Å². The van der Waals surface area contributed by atoms with E-state index in [1.807, 2.05) is 103 Å². The number of benzene rings is 3. The molecule has 0 saturated carbocycles. The first kappa shape index (κ1) is 27.0. The van der Waals surface area contributed by atoms with Crippen LogP contribution >= 0.6 is 11.8 Å². The summed E-state index contributed by atoms with van der Waals surface area (Å²) in [7, 11) is 0. The first-order valence-corrected chi connectivity index (χ1v) is 15.3. The van der Waals surface area contributed by atoms with E-state index in [9.17, 15) is 19.5 Å². The van der Waals surface area contributed by atoms with Gasteiger partial charge in [0.1, 0.15) is 6.04 Å². The van der Waals surface area contributed by atoms with Crippen LogP contribution in [0, 0.1) is 11.8 Å². The molecule has 0 radical (unpaired) electrons. The number of rotatable bonds is 5. The molecule has 3 aromatic carbocycles. The molecule has 5 atom stereocenters. The van der Waals surface area contributed by atoms with E-state index in [4.69, 9.17) is 0 Å². The van der Waals surface area contributed by atoms with E-state index in [0.29, 0.717) is 19.6 Å². The Balaban J connectivity index is 1.30. The number of hydrogen-bond acceptors (Lipinski definition) is 5. The van der Waals surface area contributed by atoms with E-state index < -0.39 is 27.4 Å². The molecule has 1 N–H and O–H groups in total. The van der Waals surface area contributed by atoms with Gasteiger partial charge in [-0.15, -0.1) is 11.8 Å². The van der Waals surface area contributed by atoms with Crippen molar-refractivity contribution in [3.8, 4) is 0 Å². The number of aliphatic hydroxyl groups is 1. The minimum Gasteiger partial charge on any atom is -0.395 e. The molecule has 4 aliphatic rings. The van der Waals surface area contributed by atoms with Crippen molar-refractivity contribution in [2.45, 2.75) is 29.0 Å². The Morgan fingerprint density at radius 1 is 0.833 bits per heavy atom. The average molecular weight is 580 g/mol. The van der Waals surface area contributed by atoms with Crippen LogP contribution in [0.4, 0.5) is 5.69 Å². The van der Waals surface area contributed by atoms with Crippen molar-refractivity contribution in [1.29, 1.82) is 0 Å². The summed E-state index contributed by atoms with van der Waals surface area (Å²) in [6.45, 7) is 3.06. The lowest BCUT2D eigenvalue weighted by molar-refractivity contribution is -0.144. The Labute approximate surface area is 249 Å². The molecule has 7 nitrogen and oxygen atoms in total. The van der Waals surface area contributed by atoms with Crippen molar-refractivity contribution in [3.05, 3.63) is 103 Å². The Bertz CT molecular complexity index is 1640. The molecule has 214 valence electrons. The standard InChI is InChI=1S/C34H33N3O4S/c1-33-15-7-17-35(22-23-9-3-2-4-10-23)30(39)27(33)28-31(40)37(19-20-38)29-32(41)36(18-8-16-34(28,29)42-33)26-14-13-24-11-5-6-12-25(24)21-26/h2-16,21,27-29,38H,17-20,22H2,1H3/t27-,28+,29?,33+,34+/m1/s1. The smallest absolute Gasteiger partial charge is 0.251 e. The molecule has 0 bridgehead atoms. The van der Waals surface area contributed by atoms with Gasteiger partial charge in [0.15, 0.2) is 0 Å². The van der Waals surface area contributed by atoms with E-state index in [1.54, 1.807) is 16.7 Å². The summed E-state index contributed by atoms with van der Waals surface area (Å²) >= 11 is 1.56. The van der Waals surface area contributed by atoms with Crippen molar-refractivity contribution in [2.75, 3.05) is 31.1 Å². The van der Waals surface area contributed by atoms with Crippen LogP contribution in [0.2, 0.25) is 0 Å². The predicted molar refractivity (Wildman–Crippen MR) is 165 cm³/mol. The summed E-state index contributed by atoms with van der Waals surface area (Å²) in [4.78, 5) is 48.4. The van der Waals surface area contributed by atoms with E-state index in [-0.39, 0.29) is 30.9 Å². The molecule has 4 aliphatic heterocycles. The van der Waals surface area contributed by atoms with Gasteiger partial charge in [-0.1, -0.05) is 85.0 Å². The SMILES string of the molecule is C[C@]12C=CCN(Cc3ccccc3)C(=O)[C@H]1[C@H]1C(=O)N(CCO)C3C(=O)N(c4ccc5ccccc5c4)CC=C[C@@]31S2. The largest absolute Gasteiger partial charge is 0.395 e. The molecule has 0 aromatic heterocycles. The lowest BCUT2D eigenvalue weighted by Crippen LogP contribution is -2.54. The van der Waals surface area contributed by atoms with Gasteiger partial charge in [0, 0.05) is 36.6 Å². The van der Waals surface area contributed by atoms with Crippen LogP contribution in [-0.2, 0) is 20.9 Å². The minimum atomic E-state index is -0.940. The lowest BCUT2D eigenvalue weighted by atomic mass is 9.74. The molecule has 2 saturated heterocycles. The number of anilines is 1. The second-order valence-electron chi connectivity index (χ2n) is 11.7. The molecule has 7 rings (SSSR count). The van der Waals surface area contributed by atoms with Gasteiger partial charge in [-0.05, 0) is 35.4 Å². The number of β-amino-alcohol motifs (C(OH)–C–C–N with tert-alkyl or cyclic N) is 1. The maximum atomic E-state index is 14.6. The molecule has 1 unspecified atom stereocenters. The monoisotopic (exact) mass is 579 g/mol. The minimum absolute atomic E-state index is 0.0364. The number of likely N-dealkylation sites (tertiary alicyclic amines) is 1. The molecular weight excluding hydrogens is 546 g/mol. The Morgan fingerprint density at radius 3 is 2.36 bits per heavy atom. The highest BCUT2D eigenvalue weighted by Gasteiger charge is 2.73. The molecule has 3 aromatic rings. The Kier molecular flexibility index (Phi) is 6.51. The van der Waals surface area contributed by atoms with Gasteiger partial charge in [0.2, 0.25) is 11.8 Å². The second-order valence-corrected chi connectivity index (χ2v) is 13.5. The van der Waals surface area contributed by atoms with Crippen LogP contribution < -0.4 is 4.90 Å². The zero-order chi connectivity index (χ0) is 29.1. The fourth-order valence-corrected chi connectivity index (χ4v) is 9.60. The number of carbonyl (C=O) groups is 3. The van der Waals surface area contributed by atoms with Gasteiger partial charge < -0.3 is 19.8 Å². The highest BCUT2D eigenvalue weighted by Crippen LogP contribution is 2.65. The molecule has 42 heavy (non-hydrogen) atoms. The van der Waals surface area contributed by atoms with Crippen molar-refractivity contribution < 1.29 is 19.5 Å². The first-order chi connectivity index (χ1) is 20.4. The third kappa shape index (κ3) is 4.03. The number of hydrogen-bond donors (Lipinski definition) is 1. The zero-order valence-electron chi connectivity index (χ0n) is 23.4. The normalized spacial score (nSPS) is 30.4. The van der Waals surface area contributed by atoms with Crippen LogP contribution in [0.3, 0.4) is 0 Å². The van der Waals surface area contributed by atoms with Gasteiger partial charge in [-0.3, -0.25) is 14.4 Å². The maximum absolute atomic E-state index is 14.6. The third-order valence-corrected chi connectivity index (χ3v) is 11.0. The van der Waals surface area contributed by atoms with E-state index in [1.165, 1.54) is 4.90 Å². The number of carbonyl (C=O) groups excluding carboxylic acids is 3. The summed E-state index contributed by atoms with van der Waals surface area (Å²) < 4.78 is -1.61. The summed E-state index contributed by atoms with van der Waals surface area (Å²) in [5, 5.41) is 12.1. The van der Waals surface area contributed by atoms with Crippen LogP contribution in [0.1, 0.15) is 12.5 Å². The highest BCUT2D eigenvalue weighted by molar-refractivity contribution is 8.02. The fraction of sp³-hybridized carbons (Fsp3) is 0.324. The van der Waals surface area contributed by atoms with Gasteiger partial charge >= 0.3 is 0 Å². The number of fused-ring (bicyclic) bond motifs is 3. The molecule has 0 aliphatic carbocycles. The molecule has 2 fully saturated rings. The van der Waals surface area contributed by atoms with Gasteiger partial charge in [-0.2, -0.15) is 0 Å². The van der Waals surface area contributed by atoms with Crippen LogP contribution in [-0.4, -0.2) is 74.4 Å². The average Bonchev–Trinajstić information content (AvgIpc) is 3.26. The van der Waals surface area contributed by atoms with Crippen LogP contribution in [0.15, 0.2) is 97.1 Å². The predicted octanol–water partition coefficient (Wildman–Crippen LogP) is 4.02. The van der Waals surface area contributed by atoms with Gasteiger partial charge in [-0.25, -0.2) is 0 Å². The van der Waals surface area contributed by atoms with Crippen LogP contribution in [0.5, 0.6) is 0 Å². The molecular formula is C34H33N3O4S. The maximum Gasteiger partial charge on any atom is 0.251 e. The summed E-state index contributed by atoms with van der Waals surface area (Å²) in [6.07, 6.45) is 8.10. The first-order valence-electron chi connectivity index (χ1n) is 14.5. The van der Waals surface area contributed by atoms with Crippen LogP contribution in [0.25, 0.3) is 10.8 Å². The van der Waals surface area contributed by atoms with Crippen molar-refractivity contribution in [1.82, 2.24) is 9.80 Å². The van der Waals surface area contributed by atoms with Crippen molar-refractivity contribution in [2.24, 2.45) is 11.8 Å². The Morgan fingerprint density at radius 2 is 1.57 bits per heavy atom. The molecule has 3 amide bonds. The highest BCUT2D eigenvalue weighted by atomic mass is 32.2. The van der Waals surface area contributed by atoms with E-state index in [2.05, 4.69) is 6.08 Å².